The van der Waals surface area contributed by atoms with Crippen LogP contribution in [0.25, 0.3) is 21.8 Å². The van der Waals surface area contributed by atoms with Gasteiger partial charge in [0.1, 0.15) is 0 Å². The van der Waals surface area contributed by atoms with Gasteiger partial charge in [-0.15, -0.1) is 0 Å². The molecule has 1 aromatic heterocycles. The van der Waals surface area contributed by atoms with Crippen LogP contribution in [0.2, 0.25) is 0 Å². The lowest BCUT2D eigenvalue weighted by Gasteiger charge is -2.14. The molecule has 0 bridgehead atoms. The number of hydrogen-bond acceptors (Lipinski definition) is 5. The van der Waals surface area contributed by atoms with E-state index in [9.17, 15) is 4.79 Å². The Hall–Kier alpha value is -3.60. The molecule has 27 heavy (non-hydrogen) atoms. The molecule has 5 nitrogen and oxygen atoms in total. The second-order valence-corrected chi connectivity index (χ2v) is 5.90. The molecular formula is C22H17NO4. The highest BCUT2D eigenvalue weighted by Crippen LogP contribution is 2.38. The minimum atomic E-state index is -0.493. The van der Waals surface area contributed by atoms with Crippen molar-refractivity contribution in [1.29, 1.82) is 0 Å². The van der Waals surface area contributed by atoms with Gasteiger partial charge in [0.15, 0.2) is 11.5 Å². The normalized spacial score (nSPS) is 10.7. The third-order valence-corrected chi connectivity index (χ3v) is 4.37. The lowest BCUT2D eigenvalue weighted by atomic mass is 10.0. The minimum Gasteiger partial charge on any atom is -0.493 e. The topological polar surface area (TPSA) is 57.7 Å². The summed E-state index contributed by atoms with van der Waals surface area (Å²) >= 11 is 0. The average molecular weight is 359 g/mol. The molecule has 0 aliphatic carbocycles. The van der Waals surface area contributed by atoms with E-state index in [1.54, 1.807) is 18.2 Å². The molecule has 0 N–H and O–H groups in total. The fourth-order valence-corrected chi connectivity index (χ4v) is 3.12. The molecule has 4 aromatic rings. The second-order valence-electron chi connectivity index (χ2n) is 5.90. The van der Waals surface area contributed by atoms with Crippen LogP contribution in [0.3, 0.4) is 0 Å². The van der Waals surface area contributed by atoms with E-state index in [0.29, 0.717) is 17.1 Å². The van der Waals surface area contributed by atoms with E-state index >= 15 is 0 Å². The Morgan fingerprint density at radius 1 is 0.741 bits per heavy atom. The van der Waals surface area contributed by atoms with Crippen LogP contribution >= 0.6 is 0 Å². The van der Waals surface area contributed by atoms with E-state index in [2.05, 4.69) is 4.98 Å². The zero-order valence-electron chi connectivity index (χ0n) is 14.9. The third kappa shape index (κ3) is 2.93. The predicted molar refractivity (Wildman–Crippen MR) is 104 cm³/mol. The number of carbonyl (C=O) groups is 1. The molecule has 0 saturated carbocycles. The minimum absolute atomic E-state index is 0.248. The summed E-state index contributed by atoms with van der Waals surface area (Å²) in [6.45, 7) is 0. The summed E-state index contributed by atoms with van der Waals surface area (Å²) in [5.74, 6) is 0.598. The number of aromatic nitrogens is 1. The Morgan fingerprint density at radius 2 is 1.26 bits per heavy atom. The van der Waals surface area contributed by atoms with E-state index in [1.165, 1.54) is 14.2 Å². The number of pyridine rings is 1. The molecule has 0 saturated heterocycles. The van der Waals surface area contributed by atoms with Gasteiger partial charge in [-0.2, -0.15) is 0 Å². The number of hydrogen-bond donors (Lipinski definition) is 0. The van der Waals surface area contributed by atoms with Gasteiger partial charge in [0, 0.05) is 10.8 Å². The first-order valence-corrected chi connectivity index (χ1v) is 8.43. The summed E-state index contributed by atoms with van der Waals surface area (Å²) in [6, 6.07) is 20.2. The first-order chi connectivity index (χ1) is 13.2. The summed E-state index contributed by atoms with van der Waals surface area (Å²) in [5, 5.41) is 1.46. The number of esters is 1. The van der Waals surface area contributed by atoms with Crippen LogP contribution in [0.5, 0.6) is 17.2 Å². The third-order valence-electron chi connectivity index (χ3n) is 4.37. The highest BCUT2D eigenvalue weighted by atomic mass is 16.6. The lowest BCUT2D eigenvalue weighted by Crippen LogP contribution is -2.12. The van der Waals surface area contributed by atoms with Crippen LogP contribution in [0, 0.1) is 0 Å². The van der Waals surface area contributed by atoms with Crippen LogP contribution in [-0.2, 0) is 0 Å². The summed E-state index contributed by atoms with van der Waals surface area (Å²) in [7, 11) is 3.03. The fraction of sp³-hybridized carbons (Fsp3) is 0.0909. The van der Waals surface area contributed by atoms with Gasteiger partial charge in [0.25, 0.3) is 0 Å². The molecule has 0 unspecified atom stereocenters. The van der Waals surface area contributed by atoms with Gasteiger partial charge in [-0.3, -0.25) is 0 Å². The van der Waals surface area contributed by atoms with Crippen molar-refractivity contribution in [2.45, 2.75) is 0 Å². The first kappa shape index (κ1) is 16.8. The van der Waals surface area contributed by atoms with Crippen molar-refractivity contribution in [3.8, 4) is 17.2 Å². The van der Waals surface area contributed by atoms with E-state index < -0.39 is 5.97 Å². The number of para-hydroxylation sites is 3. The molecule has 0 aliphatic heterocycles. The largest absolute Gasteiger partial charge is 0.493 e. The first-order valence-electron chi connectivity index (χ1n) is 8.43. The van der Waals surface area contributed by atoms with Crippen molar-refractivity contribution < 1.29 is 19.0 Å². The second kappa shape index (κ2) is 6.96. The summed E-state index contributed by atoms with van der Waals surface area (Å²) in [5.41, 5.74) is 1.93. The maximum Gasteiger partial charge on any atom is 0.345 e. The quantitative estimate of drug-likeness (QED) is 0.302. The zero-order valence-corrected chi connectivity index (χ0v) is 14.9. The monoisotopic (exact) mass is 359 g/mol. The molecule has 0 radical (unpaired) electrons. The zero-order chi connectivity index (χ0) is 18.8. The molecule has 0 amide bonds. The van der Waals surface area contributed by atoms with Crippen LogP contribution in [0.1, 0.15) is 10.4 Å². The van der Waals surface area contributed by atoms with Crippen molar-refractivity contribution in [1.82, 2.24) is 4.98 Å². The Bertz CT molecular complexity index is 1080. The van der Waals surface area contributed by atoms with Crippen molar-refractivity contribution in [3.63, 3.8) is 0 Å². The lowest BCUT2D eigenvalue weighted by molar-refractivity contribution is 0.0728. The predicted octanol–water partition coefficient (Wildman–Crippen LogP) is 4.62. The van der Waals surface area contributed by atoms with E-state index in [0.717, 1.165) is 21.8 Å². The van der Waals surface area contributed by atoms with Crippen molar-refractivity contribution >= 4 is 27.8 Å². The number of methoxy groups -OCH3 is 2. The van der Waals surface area contributed by atoms with Crippen molar-refractivity contribution in [2.75, 3.05) is 14.2 Å². The Labute approximate surface area is 156 Å². The molecule has 134 valence electrons. The SMILES string of the molecule is COc1cccc(OC)c1OC(=O)c1c2ccccc2nc2ccccc12. The van der Waals surface area contributed by atoms with Gasteiger partial charge in [-0.25, -0.2) is 9.78 Å². The fourth-order valence-electron chi connectivity index (χ4n) is 3.12. The van der Waals surface area contributed by atoms with E-state index in [-0.39, 0.29) is 5.75 Å². The summed E-state index contributed by atoms with van der Waals surface area (Å²) in [6.07, 6.45) is 0. The highest BCUT2D eigenvalue weighted by molar-refractivity contribution is 6.15. The molecule has 1 heterocycles. The number of ether oxygens (including phenoxy) is 3. The number of rotatable bonds is 4. The molecule has 0 atom stereocenters. The highest BCUT2D eigenvalue weighted by Gasteiger charge is 2.21. The molecule has 4 rings (SSSR count). The Balaban J connectivity index is 1.91. The van der Waals surface area contributed by atoms with Gasteiger partial charge in [0.2, 0.25) is 5.75 Å². The van der Waals surface area contributed by atoms with Crippen LogP contribution in [0.15, 0.2) is 66.7 Å². The molecular weight excluding hydrogens is 342 g/mol. The maximum absolute atomic E-state index is 13.2. The smallest absolute Gasteiger partial charge is 0.345 e. The van der Waals surface area contributed by atoms with Gasteiger partial charge in [0.05, 0.1) is 30.8 Å². The van der Waals surface area contributed by atoms with Gasteiger partial charge >= 0.3 is 5.97 Å². The number of fused-ring (bicyclic) bond motifs is 2. The average Bonchev–Trinajstić information content (AvgIpc) is 2.71. The van der Waals surface area contributed by atoms with Crippen LogP contribution < -0.4 is 14.2 Å². The Morgan fingerprint density at radius 3 is 1.78 bits per heavy atom. The summed E-state index contributed by atoms with van der Waals surface area (Å²) < 4.78 is 16.4. The number of nitrogens with zero attached hydrogens (tertiary/aromatic N) is 1. The maximum atomic E-state index is 13.2. The van der Waals surface area contributed by atoms with Crippen molar-refractivity contribution in [3.05, 3.63) is 72.3 Å². The number of benzene rings is 3. The summed E-state index contributed by atoms with van der Waals surface area (Å²) in [4.78, 5) is 17.9. The van der Waals surface area contributed by atoms with E-state index in [4.69, 9.17) is 14.2 Å². The molecule has 0 spiro atoms. The molecule has 5 heteroatoms. The van der Waals surface area contributed by atoms with Gasteiger partial charge in [-0.1, -0.05) is 42.5 Å². The van der Waals surface area contributed by atoms with Crippen LogP contribution in [0.4, 0.5) is 0 Å². The van der Waals surface area contributed by atoms with Crippen LogP contribution in [-0.4, -0.2) is 25.2 Å². The van der Waals surface area contributed by atoms with Crippen molar-refractivity contribution in [2.24, 2.45) is 0 Å². The molecule has 3 aromatic carbocycles. The standard InChI is InChI=1S/C22H17NO4/c1-25-18-12-7-13-19(26-2)21(18)27-22(24)20-14-8-3-5-10-16(14)23-17-11-6-4-9-15(17)20/h3-13H,1-2H3. The van der Waals surface area contributed by atoms with E-state index in [1.807, 2.05) is 48.5 Å². The molecule has 0 fully saturated rings. The van der Waals surface area contributed by atoms with Gasteiger partial charge < -0.3 is 14.2 Å². The number of carbonyl (C=O) groups excluding carboxylic acids is 1. The van der Waals surface area contributed by atoms with Gasteiger partial charge in [-0.05, 0) is 24.3 Å². The molecule has 0 aliphatic rings. The Kier molecular flexibility index (Phi) is 4.34.